The second-order valence-corrected chi connectivity index (χ2v) is 3.83. The van der Waals surface area contributed by atoms with E-state index >= 15 is 0 Å². The van der Waals surface area contributed by atoms with Gasteiger partial charge in [-0.2, -0.15) is 4.98 Å². The van der Waals surface area contributed by atoms with Crippen LogP contribution in [0.15, 0.2) is 53.2 Å². The van der Waals surface area contributed by atoms with Crippen LogP contribution in [0.3, 0.4) is 0 Å². The van der Waals surface area contributed by atoms with Gasteiger partial charge in [0.25, 0.3) is 5.95 Å². The van der Waals surface area contributed by atoms with E-state index in [-0.39, 0.29) is 17.7 Å². The van der Waals surface area contributed by atoms with Crippen molar-refractivity contribution >= 4 is 5.97 Å². The molecule has 3 aromatic rings. The van der Waals surface area contributed by atoms with Gasteiger partial charge in [0.2, 0.25) is 5.76 Å². The number of ether oxygens (including phenoxy) is 1. The number of carboxylic acid groups (broad SMARTS) is 1. The number of aromatic nitrogens is 3. The van der Waals surface area contributed by atoms with Crippen molar-refractivity contribution in [2.24, 2.45) is 0 Å². The van der Waals surface area contributed by atoms with Crippen molar-refractivity contribution in [1.82, 2.24) is 14.8 Å². The molecular formula is C13H9N3O4. The highest BCUT2D eigenvalue weighted by atomic mass is 16.6. The van der Waals surface area contributed by atoms with Crippen LogP contribution in [0, 0.1) is 0 Å². The lowest BCUT2D eigenvalue weighted by Crippen LogP contribution is -1.94. The largest absolute Gasteiger partial charge is 0.475 e. The average molecular weight is 271 g/mol. The molecule has 1 N–H and O–H groups in total. The van der Waals surface area contributed by atoms with Gasteiger partial charge in [-0.25, -0.2) is 9.48 Å². The van der Waals surface area contributed by atoms with Gasteiger partial charge in [-0.3, -0.25) is 0 Å². The van der Waals surface area contributed by atoms with Gasteiger partial charge in [-0.1, -0.05) is 18.2 Å². The number of rotatable bonds is 4. The molecule has 0 aliphatic heterocycles. The maximum Gasteiger partial charge on any atom is 0.371 e. The van der Waals surface area contributed by atoms with E-state index in [1.165, 1.54) is 23.1 Å². The molecule has 0 aliphatic rings. The molecule has 0 saturated carbocycles. The Bertz CT molecular complexity index is 733. The van der Waals surface area contributed by atoms with Gasteiger partial charge in [-0.05, 0) is 18.2 Å². The van der Waals surface area contributed by atoms with Crippen molar-refractivity contribution in [2.75, 3.05) is 0 Å². The van der Waals surface area contributed by atoms with Crippen LogP contribution in [0.5, 0.6) is 12.0 Å². The zero-order chi connectivity index (χ0) is 13.9. The summed E-state index contributed by atoms with van der Waals surface area (Å²) in [6.45, 7) is 0. The summed E-state index contributed by atoms with van der Waals surface area (Å²) in [7, 11) is 0. The van der Waals surface area contributed by atoms with Crippen molar-refractivity contribution in [1.29, 1.82) is 0 Å². The smallest absolute Gasteiger partial charge is 0.371 e. The standard InChI is InChI=1S/C13H9N3O4/c17-12(18)10-6-7-11(19-10)20-13-14-8-16(15-13)9-4-2-1-3-5-9/h1-8H,(H,17,18). The number of nitrogens with zero attached hydrogens (tertiary/aromatic N) is 3. The lowest BCUT2D eigenvalue weighted by atomic mass is 10.3. The highest BCUT2D eigenvalue weighted by Gasteiger charge is 2.12. The van der Waals surface area contributed by atoms with Crippen LogP contribution in [0.2, 0.25) is 0 Å². The summed E-state index contributed by atoms with van der Waals surface area (Å²) in [6.07, 6.45) is 1.49. The summed E-state index contributed by atoms with van der Waals surface area (Å²) in [4.78, 5) is 14.6. The second-order valence-electron chi connectivity index (χ2n) is 3.83. The molecule has 100 valence electrons. The number of carbonyl (C=O) groups is 1. The predicted molar refractivity (Wildman–Crippen MR) is 67.1 cm³/mol. The number of hydrogen-bond acceptors (Lipinski definition) is 5. The Morgan fingerprint density at radius 2 is 2.00 bits per heavy atom. The molecule has 0 unspecified atom stereocenters. The minimum absolute atomic E-state index is 0.0215. The third-order valence-corrected chi connectivity index (χ3v) is 2.48. The van der Waals surface area contributed by atoms with Gasteiger partial charge in [0.1, 0.15) is 6.33 Å². The number of furan rings is 1. The fourth-order valence-electron chi connectivity index (χ4n) is 1.58. The number of hydrogen-bond donors (Lipinski definition) is 1. The van der Waals surface area contributed by atoms with Gasteiger partial charge in [-0.15, -0.1) is 5.10 Å². The third-order valence-electron chi connectivity index (χ3n) is 2.48. The van der Waals surface area contributed by atoms with Crippen LogP contribution in [0.4, 0.5) is 0 Å². The van der Waals surface area contributed by atoms with Crippen molar-refractivity contribution in [3.63, 3.8) is 0 Å². The van der Waals surface area contributed by atoms with Crippen LogP contribution in [0.25, 0.3) is 5.69 Å². The molecule has 1 aromatic carbocycles. The summed E-state index contributed by atoms with van der Waals surface area (Å²) in [5.74, 6) is -1.35. The van der Waals surface area contributed by atoms with Crippen molar-refractivity contribution in [2.45, 2.75) is 0 Å². The maximum atomic E-state index is 10.7. The molecule has 0 spiro atoms. The van der Waals surface area contributed by atoms with Gasteiger partial charge < -0.3 is 14.3 Å². The van der Waals surface area contributed by atoms with E-state index in [1.807, 2.05) is 30.3 Å². The minimum atomic E-state index is -1.16. The summed E-state index contributed by atoms with van der Waals surface area (Å²) in [6, 6.07) is 12.2. The topological polar surface area (TPSA) is 90.4 Å². The van der Waals surface area contributed by atoms with E-state index in [9.17, 15) is 4.79 Å². The van der Waals surface area contributed by atoms with E-state index in [0.29, 0.717) is 0 Å². The van der Waals surface area contributed by atoms with E-state index in [4.69, 9.17) is 14.3 Å². The normalized spacial score (nSPS) is 10.4. The van der Waals surface area contributed by atoms with Crippen molar-refractivity contribution in [3.8, 4) is 17.6 Å². The van der Waals surface area contributed by atoms with Gasteiger partial charge >= 0.3 is 12.0 Å². The zero-order valence-corrected chi connectivity index (χ0v) is 10.1. The molecule has 2 heterocycles. The zero-order valence-electron chi connectivity index (χ0n) is 10.1. The number of para-hydroxylation sites is 1. The number of benzene rings is 1. The van der Waals surface area contributed by atoms with Crippen LogP contribution in [-0.2, 0) is 0 Å². The summed E-state index contributed by atoms with van der Waals surface area (Å²) >= 11 is 0. The first-order valence-electron chi connectivity index (χ1n) is 5.70. The van der Waals surface area contributed by atoms with E-state index in [2.05, 4.69) is 10.1 Å². The van der Waals surface area contributed by atoms with Gasteiger partial charge in [0.15, 0.2) is 0 Å². The Balaban J connectivity index is 1.78. The molecular weight excluding hydrogens is 262 g/mol. The SMILES string of the molecule is O=C(O)c1ccc(Oc2ncn(-c3ccccc3)n2)o1. The first-order chi connectivity index (χ1) is 9.72. The highest BCUT2D eigenvalue weighted by molar-refractivity contribution is 5.84. The molecule has 0 bridgehead atoms. The monoisotopic (exact) mass is 271 g/mol. The average Bonchev–Trinajstić information content (AvgIpc) is 3.10. The van der Waals surface area contributed by atoms with E-state index in [0.717, 1.165) is 5.69 Å². The lowest BCUT2D eigenvalue weighted by molar-refractivity contribution is 0.0656. The second kappa shape index (κ2) is 4.88. The highest BCUT2D eigenvalue weighted by Crippen LogP contribution is 2.21. The summed E-state index contributed by atoms with van der Waals surface area (Å²) in [5, 5.41) is 12.8. The molecule has 0 atom stereocenters. The molecule has 7 nitrogen and oxygen atoms in total. The van der Waals surface area contributed by atoms with Crippen LogP contribution in [0.1, 0.15) is 10.6 Å². The molecule has 0 amide bonds. The number of carboxylic acids is 1. The maximum absolute atomic E-state index is 10.7. The summed E-state index contributed by atoms with van der Waals surface area (Å²) < 4.78 is 11.7. The minimum Gasteiger partial charge on any atom is -0.475 e. The molecule has 3 rings (SSSR count). The molecule has 20 heavy (non-hydrogen) atoms. The first kappa shape index (κ1) is 12.0. The first-order valence-corrected chi connectivity index (χ1v) is 5.70. The van der Waals surface area contributed by atoms with Crippen LogP contribution >= 0.6 is 0 Å². The van der Waals surface area contributed by atoms with Gasteiger partial charge in [0, 0.05) is 6.07 Å². The fourth-order valence-corrected chi connectivity index (χ4v) is 1.58. The molecule has 0 aliphatic carbocycles. The Labute approximate surface area is 113 Å². The Hall–Kier alpha value is -3.09. The van der Waals surface area contributed by atoms with Crippen LogP contribution in [-0.4, -0.2) is 25.8 Å². The molecule has 0 fully saturated rings. The van der Waals surface area contributed by atoms with Crippen LogP contribution < -0.4 is 4.74 Å². The fraction of sp³-hybridized carbons (Fsp3) is 0. The molecule has 2 aromatic heterocycles. The van der Waals surface area contributed by atoms with E-state index < -0.39 is 5.97 Å². The molecule has 7 heteroatoms. The Kier molecular flexibility index (Phi) is 2.92. The Morgan fingerprint density at radius 1 is 1.20 bits per heavy atom. The predicted octanol–water partition coefficient (Wildman–Crippen LogP) is 2.35. The van der Waals surface area contributed by atoms with Crippen molar-refractivity contribution in [3.05, 3.63) is 54.6 Å². The third kappa shape index (κ3) is 2.37. The quantitative estimate of drug-likeness (QED) is 0.783. The number of aromatic carboxylic acids is 1. The van der Waals surface area contributed by atoms with Crippen molar-refractivity contribution < 1.29 is 19.1 Å². The lowest BCUT2D eigenvalue weighted by Gasteiger charge is -1.98. The Morgan fingerprint density at radius 3 is 2.70 bits per heavy atom. The van der Waals surface area contributed by atoms with Gasteiger partial charge in [0.05, 0.1) is 5.69 Å². The molecule has 0 saturated heterocycles. The molecule has 0 radical (unpaired) electrons. The van der Waals surface area contributed by atoms with E-state index in [1.54, 1.807) is 0 Å². The summed E-state index contributed by atoms with van der Waals surface area (Å²) in [5.41, 5.74) is 0.834.